The topological polar surface area (TPSA) is 49.4 Å². The zero-order valence-corrected chi connectivity index (χ0v) is 12.6. The molecule has 0 aliphatic carbocycles. The first-order chi connectivity index (χ1) is 9.10. The summed E-state index contributed by atoms with van der Waals surface area (Å²) in [5.74, 6) is 0. The lowest BCUT2D eigenvalue weighted by Gasteiger charge is -2.17. The van der Waals surface area contributed by atoms with E-state index in [4.69, 9.17) is 0 Å². The molecule has 0 radical (unpaired) electrons. The minimum absolute atomic E-state index is 0.332. The normalized spacial score (nSPS) is 11.9. The molecular weight excluding hydrogens is 260 g/mol. The van der Waals surface area contributed by atoms with Crippen molar-refractivity contribution in [2.45, 2.75) is 31.6 Å². The van der Waals surface area contributed by atoms with Crippen molar-refractivity contribution in [2.75, 3.05) is 26.2 Å². The van der Waals surface area contributed by atoms with E-state index in [9.17, 15) is 8.42 Å². The van der Waals surface area contributed by atoms with Gasteiger partial charge in [0.1, 0.15) is 0 Å². The van der Waals surface area contributed by atoms with Gasteiger partial charge in [0.2, 0.25) is 10.0 Å². The Bertz CT molecular complexity index is 442. The molecule has 108 valence electrons. The Hall–Kier alpha value is -0.910. The van der Waals surface area contributed by atoms with Crippen LogP contribution in [0.2, 0.25) is 0 Å². The lowest BCUT2D eigenvalue weighted by molar-refractivity contribution is 0.297. The van der Waals surface area contributed by atoms with Gasteiger partial charge in [0, 0.05) is 6.54 Å². The SMILES string of the molecule is CCN(CC)CCCCNS(=O)(=O)c1ccccc1. The quantitative estimate of drug-likeness (QED) is 0.706. The number of hydrogen-bond donors (Lipinski definition) is 1. The van der Waals surface area contributed by atoms with E-state index in [1.54, 1.807) is 24.3 Å². The summed E-state index contributed by atoms with van der Waals surface area (Å²) in [7, 11) is -3.34. The highest BCUT2D eigenvalue weighted by Gasteiger charge is 2.11. The molecule has 1 N–H and O–H groups in total. The van der Waals surface area contributed by atoms with Crippen LogP contribution in [0.5, 0.6) is 0 Å². The zero-order chi connectivity index (χ0) is 14.1. The highest BCUT2D eigenvalue weighted by atomic mass is 32.2. The Labute approximate surface area is 116 Å². The van der Waals surface area contributed by atoms with E-state index in [2.05, 4.69) is 23.5 Å². The second-order valence-electron chi connectivity index (χ2n) is 4.44. The molecule has 0 saturated heterocycles. The number of nitrogens with zero attached hydrogens (tertiary/aromatic N) is 1. The maximum Gasteiger partial charge on any atom is 0.240 e. The van der Waals surface area contributed by atoms with E-state index in [1.165, 1.54) is 0 Å². The van der Waals surface area contributed by atoms with E-state index >= 15 is 0 Å². The van der Waals surface area contributed by atoms with Gasteiger partial charge >= 0.3 is 0 Å². The Balaban J connectivity index is 2.30. The van der Waals surface area contributed by atoms with Crippen LogP contribution in [0, 0.1) is 0 Å². The van der Waals surface area contributed by atoms with Crippen molar-refractivity contribution in [1.82, 2.24) is 9.62 Å². The third kappa shape index (κ3) is 5.72. The van der Waals surface area contributed by atoms with Crippen molar-refractivity contribution < 1.29 is 8.42 Å². The number of unbranched alkanes of at least 4 members (excludes halogenated alkanes) is 1. The van der Waals surface area contributed by atoms with E-state index < -0.39 is 10.0 Å². The first-order valence-electron chi connectivity index (χ1n) is 6.87. The molecule has 0 aliphatic heterocycles. The van der Waals surface area contributed by atoms with Gasteiger partial charge in [0.05, 0.1) is 4.90 Å². The van der Waals surface area contributed by atoms with Crippen LogP contribution in [0.3, 0.4) is 0 Å². The van der Waals surface area contributed by atoms with Gasteiger partial charge in [0.25, 0.3) is 0 Å². The van der Waals surface area contributed by atoms with Crippen LogP contribution in [0.15, 0.2) is 35.2 Å². The van der Waals surface area contributed by atoms with Gasteiger partial charge in [-0.1, -0.05) is 32.0 Å². The molecule has 5 heteroatoms. The second-order valence-corrected chi connectivity index (χ2v) is 6.21. The van der Waals surface area contributed by atoms with Crippen molar-refractivity contribution in [3.63, 3.8) is 0 Å². The highest BCUT2D eigenvalue weighted by Crippen LogP contribution is 2.07. The van der Waals surface area contributed by atoms with Crippen molar-refractivity contribution in [2.24, 2.45) is 0 Å². The summed E-state index contributed by atoms with van der Waals surface area (Å²) in [4.78, 5) is 2.67. The highest BCUT2D eigenvalue weighted by molar-refractivity contribution is 7.89. The van der Waals surface area contributed by atoms with Gasteiger partial charge in [-0.25, -0.2) is 13.1 Å². The molecule has 0 aliphatic rings. The minimum Gasteiger partial charge on any atom is -0.304 e. The molecule has 0 fully saturated rings. The summed E-state index contributed by atoms with van der Waals surface area (Å²) in [6.07, 6.45) is 1.88. The van der Waals surface area contributed by atoms with Gasteiger partial charge in [-0.3, -0.25) is 0 Å². The average Bonchev–Trinajstić information content (AvgIpc) is 2.44. The summed E-state index contributed by atoms with van der Waals surface area (Å²) >= 11 is 0. The summed E-state index contributed by atoms with van der Waals surface area (Å²) < 4.78 is 26.5. The fourth-order valence-electron chi connectivity index (χ4n) is 1.89. The Morgan fingerprint density at radius 1 is 1.05 bits per heavy atom. The molecule has 0 amide bonds. The molecule has 0 atom stereocenters. The third-order valence-corrected chi connectivity index (χ3v) is 4.62. The molecule has 0 spiro atoms. The number of nitrogens with one attached hydrogen (secondary N) is 1. The predicted octanol–water partition coefficient (Wildman–Crippen LogP) is 2.09. The van der Waals surface area contributed by atoms with E-state index in [-0.39, 0.29) is 0 Å². The van der Waals surface area contributed by atoms with Crippen LogP contribution < -0.4 is 4.72 Å². The Morgan fingerprint density at radius 2 is 1.68 bits per heavy atom. The summed E-state index contributed by atoms with van der Waals surface area (Å²) in [5, 5.41) is 0. The van der Waals surface area contributed by atoms with E-state index in [0.29, 0.717) is 11.4 Å². The lowest BCUT2D eigenvalue weighted by Crippen LogP contribution is -2.27. The second kappa shape index (κ2) is 8.30. The molecule has 0 bridgehead atoms. The van der Waals surface area contributed by atoms with E-state index in [1.807, 2.05) is 6.07 Å². The van der Waals surface area contributed by atoms with Crippen molar-refractivity contribution in [3.05, 3.63) is 30.3 Å². The predicted molar refractivity (Wildman–Crippen MR) is 78.7 cm³/mol. The Morgan fingerprint density at radius 3 is 2.26 bits per heavy atom. The largest absolute Gasteiger partial charge is 0.304 e. The van der Waals surface area contributed by atoms with Crippen molar-refractivity contribution in [1.29, 1.82) is 0 Å². The zero-order valence-electron chi connectivity index (χ0n) is 11.8. The first kappa shape index (κ1) is 16.1. The lowest BCUT2D eigenvalue weighted by atomic mass is 10.3. The van der Waals surface area contributed by atoms with Crippen LogP contribution in [0.4, 0.5) is 0 Å². The number of rotatable bonds is 9. The Kier molecular flexibility index (Phi) is 7.05. The molecule has 0 unspecified atom stereocenters. The van der Waals surface area contributed by atoms with Gasteiger partial charge in [0.15, 0.2) is 0 Å². The number of benzene rings is 1. The molecular formula is C14H24N2O2S. The monoisotopic (exact) mass is 284 g/mol. The number of hydrogen-bond acceptors (Lipinski definition) is 3. The van der Waals surface area contributed by atoms with Crippen LogP contribution in [-0.4, -0.2) is 39.5 Å². The van der Waals surface area contributed by atoms with Gasteiger partial charge < -0.3 is 4.90 Å². The van der Waals surface area contributed by atoms with Crippen LogP contribution >= 0.6 is 0 Å². The molecule has 1 aromatic carbocycles. The van der Waals surface area contributed by atoms with Gasteiger partial charge in [-0.05, 0) is 44.6 Å². The van der Waals surface area contributed by atoms with E-state index in [0.717, 1.165) is 32.5 Å². The smallest absolute Gasteiger partial charge is 0.240 e. The van der Waals surface area contributed by atoms with Crippen LogP contribution in [0.25, 0.3) is 0 Å². The fraction of sp³-hybridized carbons (Fsp3) is 0.571. The first-order valence-corrected chi connectivity index (χ1v) is 8.35. The standard InChI is InChI=1S/C14H24N2O2S/c1-3-16(4-2)13-9-8-12-15-19(17,18)14-10-6-5-7-11-14/h5-7,10-11,15H,3-4,8-9,12-13H2,1-2H3. The fourth-order valence-corrected chi connectivity index (χ4v) is 2.98. The third-order valence-electron chi connectivity index (χ3n) is 3.14. The summed E-state index contributed by atoms with van der Waals surface area (Å²) in [6.45, 7) is 7.90. The minimum atomic E-state index is -3.34. The van der Waals surface area contributed by atoms with Gasteiger partial charge in [-0.2, -0.15) is 0 Å². The van der Waals surface area contributed by atoms with Crippen molar-refractivity contribution >= 4 is 10.0 Å². The molecule has 1 aromatic rings. The maximum absolute atomic E-state index is 11.9. The average molecular weight is 284 g/mol. The van der Waals surface area contributed by atoms with Gasteiger partial charge in [-0.15, -0.1) is 0 Å². The van der Waals surface area contributed by atoms with Crippen LogP contribution in [0.1, 0.15) is 26.7 Å². The molecule has 0 aromatic heterocycles. The molecule has 0 saturated carbocycles. The summed E-state index contributed by atoms with van der Waals surface area (Å²) in [5.41, 5.74) is 0. The molecule has 1 rings (SSSR count). The molecule has 4 nitrogen and oxygen atoms in total. The van der Waals surface area contributed by atoms with Crippen LogP contribution in [-0.2, 0) is 10.0 Å². The number of sulfonamides is 1. The van der Waals surface area contributed by atoms with Crippen molar-refractivity contribution in [3.8, 4) is 0 Å². The molecule has 0 heterocycles. The maximum atomic E-state index is 11.9. The summed E-state index contributed by atoms with van der Waals surface area (Å²) in [6, 6.07) is 8.49. The molecule has 19 heavy (non-hydrogen) atoms.